The zero-order chi connectivity index (χ0) is 16.1. The Kier molecular flexibility index (Phi) is 5.16. The van der Waals surface area contributed by atoms with Gasteiger partial charge in [-0.1, -0.05) is 24.3 Å². The fraction of sp³-hybridized carbons (Fsp3) is 0.556. The molecule has 0 heterocycles. The van der Waals surface area contributed by atoms with E-state index in [0.29, 0.717) is 19.0 Å². The Morgan fingerprint density at radius 2 is 1.96 bits per heavy atom. The molecule has 2 aliphatic carbocycles. The number of benzene rings is 1. The number of hydrogen-bond acceptors (Lipinski definition) is 2. The third kappa shape index (κ3) is 4.24. The van der Waals surface area contributed by atoms with Crippen molar-refractivity contribution in [1.82, 2.24) is 16.0 Å². The number of nitrogens with zero attached hydrogens (tertiary/aromatic N) is 1. The Hall–Kier alpha value is -2.04. The summed E-state index contributed by atoms with van der Waals surface area (Å²) in [6.07, 6.45) is 3.22. The summed E-state index contributed by atoms with van der Waals surface area (Å²) in [5, 5.41) is 9.50. The minimum Gasteiger partial charge on any atom is -0.357 e. The van der Waals surface area contributed by atoms with E-state index < -0.39 is 0 Å². The van der Waals surface area contributed by atoms with E-state index >= 15 is 0 Å². The van der Waals surface area contributed by atoms with Crippen LogP contribution in [0.4, 0.5) is 0 Å². The molecule has 2 aliphatic rings. The van der Waals surface area contributed by atoms with Crippen molar-refractivity contribution in [2.75, 3.05) is 26.2 Å². The summed E-state index contributed by atoms with van der Waals surface area (Å²) < 4.78 is 0. The quantitative estimate of drug-likeness (QED) is 0.405. The summed E-state index contributed by atoms with van der Waals surface area (Å²) in [5.74, 6) is 1.84. The second kappa shape index (κ2) is 7.49. The van der Waals surface area contributed by atoms with Crippen LogP contribution in [0.3, 0.4) is 0 Å². The molecule has 1 saturated carbocycles. The minimum atomic E-state index is 0.194. The number of carbonyl (C=O) groups is 1. The van der Waals surface area contributed by atoms with Crippen LogP contribution in [0.25, 0.3) is 0 Å². The number of amides is 1. The molecule has 0 bridgehead atoms. The fourth-order valence-electron chi connectivity index (χ4n) is 2.93. The third-order valence-electron chi connectivity index (χ3n) is 4.44. The highest BCUT2D eigenvalue weighted by Gasteiger charge is 2.29. The van der Waals surface area contributed by atoms with Crippen molar-refractivity contribution in [1.29, 1.82) is 0 Å². The fourth-order valence-corrected chi connectivity index (χ4v) is 2.93. The lowest BCUT2D eigenvalue weighted by molar-refractivity contribution is -0.122. The molecule has 1 amide bonds. The molecule has 3 rings (SSSR count). The van der Waals surface area contributed by atoms with E-state index in [4.69, 9.17) is 0 Å². The van der Waals surface area contributed by atoms with E-state index in [2.05, 4.69) is 52.1 Å². The summed E-state index contributed by atoms with van der Waals surface area (Å²) in [6.45, 7) is 5.05. The van der Waals surface area contributed by atoms with Gasteiger partial charge in [0.05, 0.1) is 0 Å². The van der Waals surface area contributed by atoms with Gasteiger partial charge in [-0.05, 0) is 37.3 Å². The van der Waals surface area contributed by atoms with Gasteiger partial charge >= 0.3 is 0 Å². The lowest BCUT2D eigenvalue weighted by atomic mass is 9.78. The van der Waals surface area contributed by atoms with Crippen LogP contribution < -0.4 is 16.0 Å². The smallest absolute Gasteiger partial charge is 0.223 e. The third-order valence-corrected chi connectivity index (χ3v) is 4.44. The normalized spacial score (nSPS) is 19.5. The average molecular weight is 314 g/mol. The predicted octanol–water partition coefficient (Wildman–Crippen LogP) is 1.41. The van der Waals surface area contributed by atoms with E-state index in [0.717, 1.165) is 38.3 Å². The van der Waals surface area contributed by atoms with Gasteiger partial charge in [0, 0.05) is 38.0 Å². The molecule has 5 nitrogen and oxygen atoms in total. The molecule has 0 aromatic heterocycles. The number of guanidine groups is 1. The van der Waals surface area contributed by atoms with Crippen LogP contribution in [-0.2, 0) is 11.2 Å². The van der Waals surface area contributed by atoms with Crippen LogP contribution in [-0.4, -0.2) is 38.0 Å². The van der Waals surface area contributed by atoms with Crippen LogP contribution in [0.2, 0.25) is 0 Å². The Labute approximate surface area is 138 Å². The van der Waals surface area contributed by atoms with E-state index in [1.807, 2.05) is 0 Å². The molecule has 3 N–H and O–H groups in total. The highest BCUT2D eigenvalue weighted by atomic mass is 16.2. The molecule has 23 heavy (non-hydrogen) atoms. The van der Waals surface area contributed by atoms with Crippen LogP contribution in [0.5, 0.6) is 0 Å². The lowest BCUT2D eigenvalue weighted by Crippen LogP contribution is -2.42. The molecular weight excluding hydrogens is 288 g/mol. The van der Waals surface area contributed by atoms with Crippen molar-refractivity contribution in [3.63, 3.8) is 0 Å². The molecule has 0 aliphatic heterocycles. The molecule has 1 atom stereocenters. The van der Waals surface area contributed by atoms with E-state index in [1.165, 1.54) is 11.1 Å². The van der Waals surface area contributed by atoms with Gasteiger partial charge < -0.3 is 16.0 Å². The molecule has 5 heteroatoms. The van der Waals surface area contributed by atoms with Crippen molar-refractivity contribution in [3.8, 4) is 0 Å². The van der Waals surface area contributed by atoms with Gasteiger partial charge in [-0.2, -0.15) is 0 Å². The van der Waals surface area contributed by atoms with Crippen LogP contribution in [0.15, 0.2) is 29.3 Å². The van der Waals surface area contributed by atoms with Crippen molar-refractivity contribution in [2.45, 2.75) is 32.1 Å². The van der Waals surface area contributed by atoms with Gasteiger partial charge in [-0.25, -0.2) is 0 Å². The summed E-state index contributed by atoms with van der Waals surface area (Å²) in [6, 6.07) is 8.59. The first kappa shape index (κ1) is 15.8. The Morgan fingerprint density at radius 3 is 2.70 bits per heavy atom. The molecule has 124 valence electrons. The number of rotatable bonds is 7. The van der Waals surface area contributed by atoms with Gasteiger partial charge in [0.2, 0.25) is 5.91 Å². The van der Waals surface area contributed by atoms with Gasteiger partial charge in [-0.15, -0.1) is 0 Å². The highest BCUT2D eigenvalue weighted by molar-refractivity contribution is 5.81. The maximum atomic E-state index is 11.6. The van der Waals surface area contributed by atoms with Gasteiger partial charge in [0.25, 0.3) is 0 Å². The van der Waals surface area contributed by atoms with Crippen molar-refractivity contribution >= 4 is 11.9 Å². The summed E-state index contributed by atoms with van der Waals surface area (Å²) in [7, 11) is 0. The topological polar surface area (TPSA) is 65.5 Å². The molecule has 0 radical (unpaired) electrons. The first-order valence-corrected chi connectivity index (χ1v) is 8.65. The molecule has 1 aromatic rings. The van der Waals surface area contributed by atoms with Crippen molar-refractivity contribution in [2.24, 2.45) is 10.9 Å². The van der Waals surface area contributed by atoms with E-state index in [1.54, 1.807) is 0 Å². The SMILES string of the molecule is CCNC(=NCC1Cc2ccccc21)NCCNC(=O)C1CC1. The second-order valence-electron chi connectivity index (χ2n) is 6.31. The second-order valence-corrected chi connectivity index (χ2v) is 6.31. The van der Waals surface area contributed by atoms with Crippen LogP contribution >= 0.6 is 0 Å². The predicted molar refractivity (Wildman–Crippen MR) is 92.6 cm³/mol. The Balaban J connectivity index is 1.41. The molecular formula is C18H26N4O. The number of hydrogen-bond donors (Lipinski definition) is 3. The zero-order valence-electron chi connectivity index (χ0n) is 13.8. The maximum absolute atomic E-state index is 11.6. The molecule has 1 unspecified atom stereocenters. The highest BCUT2D eigenvalue weighted by Crippen LogP contribution is 2.34. The lowest BCUT2D eigenvalue weighted by Gasteiger charge is -2.28. The number of fused-ring (bicyclic) bond motifs is 1. The van der Waals surface area contributed by atoms with E-state index in [9.17, 15) is 4.79 Å². The summed E-state index contributed by atoms with van der Waals surface area (Å²) >= 11 is 0. The number of aliphatic imine (C=N–C) groups is 1. The molecule has 1 aromatic carbocycles. The largest absolute Gasteiger partial charge is 0.357 e. The summed E-state index contributed by atoms with van der Waals surface area (Å²) in [5.41, 5.74) is 2.89. The Morgan fingerprint density at radius 1 is 1.17 bits per heavy atom. The van der Waals surface area contributed by atoms with Crippen LogP contribution in [0, 0.1) is 5.92 Å². The molecule has 0 spiro atoms. The average Bonchev–Trinajstić information content (AvgIpc) is 3.37. The van der Waals surface area contributed by atoms with Gasteiger partial charge in [0.15, 0.2) is 5.96 Å². The van der Waals surface area contributed by atoms with Gasteiger partial charge in [0.1, 0.15) is 0 Å². The standard InChI is InChI=1S/C18H26N4O/c1-2-19-18(21-10-9-20-17(23)13-7-8-13)22-12-15-11-14-5-3-4-6-16(14)15/h3-6,13,15H,2,7-12H2,1H3,(H,20,23)(H2,19,21,22). The van der Waals surface area contributed by atoms with Crippen molar-refractivity contribution in [3.05, 3.63) is 35.4 Å². The maximum Gasteiger partial charge on any atom is 0.223 e. The first-order chi connectivity index (χ1) is 11.3. The van der Waals surface area contributed by atoms with Gasteiger partial charge in [-0.3, -0.25) is 9.79 Å². The monoisotopic (exact) mass is 314 g/mol. The Bertz CT molecular complexity index is 580. The van der Waals surface area contributed by atoms with Crippen molar-refractivity contribution < 1.29 is 4.79 Å². The molecule has 1 fully saturated rings. The molecule has 0 saturated heterocycles. The zero-order valence-corrected chi connectivity index (χ0v) is 13.8. The minimum absolute atomic E-state index is 0.194. The number of carbonyl (C=O) groups excluding carboxylic acids is 1. The van der Waals surface area contributed by atoms with E-state index in [-0.39, 0.29) is 11.8 Å². The summed E-state index contributed by atoms with van der Waals surface area (Å²) in [4.78, 5) is 16.2. The first-order valence-electron chi connectivity index (χ1n) is 8.65. The number of nitrogens with one attached hydrogen (secondary N) is 3. The van der Waals surface area contributed by atoms with Crippen LogP contribution in [0.1, 0.15) is 36.8 Å².